The summed E-state index contributed by atoms with van der Waals surface area (Å²) in [4.78, 5) is 2.24. The lowest BCUT2D eigenvalue weighted by Gasteiger charge is -2.48. The molecule has 0 aliphatic carbocycles. The molecular formula is C8H12Br4N2. The molecule has 82 valence electrons. The highest BCUT2D eigenvalue weighted by Crippen LogP contribution is 2.30. The summed E-state index contributed by atoms with van der Waals surface area (Å²) in [5.74, 6) is 0. The van der Waals surface area contributed by atoms with E-state index in [1.165, 1.54) is 0 Å². The van der Waals surface area contributed by atoms with Crippen LogP contribution < -0.4 is 0 Å². The molecule has 4 unspecified atom stereocenters. The molecule has 0 amide bonds. The van der Waals surface area contributed by atoms with E-state index in [-0.39, 0.29) is 0 Å². The summed E-state index contributed by atoms with van der Waals surface area (Å²) >= 11 is 14.8. The van der Waals surface area contributed by atoms with Gasteiger partial charge in [0.25, 0.3) is 0 Å². The van der Waals surface area contributed by atoms with Crippen LogP contribution in [0, 0.1) is 0 Å². The first-order chi connectivity index (χ1) is 6.58. The molecule has 2 heterocycles. The van der Waals surface area contributed by atoms with Crippen molar-refractivity contribution in [3.8, 4) is 0 Å². The summed E-state index contributed by atoms with van der Waals surface area (Å²) < 4.78 is 0. The average Bonchev–Trinajstić information content (AvgIpc) is 2.11. The maximum atomic E-state index is 3.71. The van der Waals surface area contributed by atoms with Crippen molar-refractivity contribution in [3.63, 3.8) is 0 Å². The SMILES string of the molecule is BrC1CN2CC(Br)C(Br)CN2CC1Br. The van der Waals surface area contributed by atoms with Gasteiger partial charge in [0.15, 0.2) is 0 Å². The maximum Gasteiger partial charge on any atom is 0.0425 e. The van der Waals surface area contributed by atoms with Gasteiger partial charge in [0.2, 0.25) is 0 Å². The van der Waals surface area contributed by atoms with Crippen LogP contribution in [0.3, 0.4) is 0 Å². The highest BCUT2D eigenvalue weighted by molar-refractivity contribution is 9.12. The molecule has 4 atom stereocenters. The number of nitrogens with zero attached hydrogens (tertiary/aromatic N) is 2. The van der Waals surface area contributed by atoms with Gasteiger partial charge in [-0.2, -0.15) is 0 Å². The minimum Gasteiger partial charge on any atom is -0.239 e. The first-order valence-corrected chi connectivity index (χ1v) is 8.30. The standard InChI is InChI=1S/C8H12Br4N2/c9-5-1-13-2-7(11)8(12)4-14(13)3-6(5)10/h5-8H,1-4H2. The average molecular weight is 456 g/mol. The van der Waals surface area contributed by atoms with E-state index in [2.05, 4.69) is 73.7 Å². The molecule has 0 spiro atoms. The van der Waals surface area contributed by atoms with E-state index in [0.29, 0.717) is 19.3 Å². The zero-order valence-electron chi connectivity index (χ0n) is 7.54. The van der Waals surface area contributed by atoms with E-state index in [4.69, 9.17) is 0 Å². The van der Waals surface area contributed by atoms with Crippen LogP contribution in [-0.2, 0) is 0 Å². The Kier molecular flexibility index (Phi) is 4.39. The van der Waals surface area contributed by atoms with Crippen molar-refractivity contribution in [1.82, 2.24) is 10.0 Å². The number of halogens is 4. The van der Waals surface area contributed by atoms with Gasteiger partial charge < -0.3 is 0 Å². The van der Waals surface area contributed by atoms with Gasteiger partial charge >= 0.3 is 0 Å². The third kappa shape index (κ3) is 2.56. The fourth-order valence-corrected chi connectivity index (χ4v) is 3.88. The van der Waals surface area contributed by atoms with E-state index >= 15 is 0 Å². The molecule has 2 saturated heterocycles. The number of hydrogen-bond donors (Lipinski definition) is 0. The Balaban J connectivity index is 2.01. The van der Waals surface area contributed by atoms with E-state index in [1.54, 1.807) is 0 Å². The Hall–Kier alpha value is 1.84. The highest BCUT2D eigenvalue weighted by atomic mass is 79.9. The molecule has 0 bridgehead atoms. The lowest BCUT2D eigenvalue weighted by atomic mass is 10.1. The van der Waals surface area contributed by atoms with Crippen LogP contribution in [0.4, 0.5) is 0 Å². The van der Waals surface area contributed by atoms with Gasteiger partial charge in [-0.05, 0) is 0 Å². The Labute approximate surface area is 118 Å². The fourth-order valence-electron chi connectivity index (χ4n) is 1.87. The first kappa shape index (κ1) is 12.3. The van der Waals surface area contributed by atoms with Crippen LogP contribution in [0.25, 0.3) is 0 Å². The predicted octanol–water partition coefficient (Wildman–Crippen LogP) is 2.59. The van der Waals surface area contributed by atoms with E-state index in [0.717, 1.165) is 26.2 Å². The monoisotopic (exact) mass is 452 g/mol. The summed E-state index contributed by atoms with van der Waals surface area (Å²) in [6.07, 6.45) is 0. The van der Waals surface area contributed by atoms with E-state index in [9.17, 15) is 0 Å². The van der Waals surface area contributed by atoms with Crippen LogP contribution in [-0.4, -0.2) is 55.5 Å². The Morgan fingerprint density at radius 3 is 1.00 bits per heavy atom. The van der Waals surface area contributed by atoms with Crippen LogP contribution >= 0.6 is 63.7 Å². The largest absolute Gasteiger partial charge is 0.239 e. The van der Waals surface area contributed by atoms with Crippen LogP contribution in [0.5, 0.6) is 0 Å². The third-order valence-electron chi connectivity index (χ3n) is 2.73. The Bertz CT molecular complexity index is 174. The van der Waals surface area contributed by atoms with Crippen molar-refractivity contribution < 1.29 is 0 Å². The number of fused-ring (bicyclic) bond motifs is 1. The van der Waals surface area contributed by atoms with Gasteiger partial charge in [-0.3, -0.25) is 0 Å². The maximum absolute atomic E-state index is 3.71. The van der Waals surface area contributed by atoms with Gasteiger partial charge in [0.1, 0.15) is 0 Å². The van der Waals surface area contributed by atoms with Gasteiger partial charge in [-0.1, -0.05) is 63.7 Å². The summed E-state index contributed by atoms with van der Waals surface area (Å²) in [5, 5.41) is 4.88. The lowest BCUT2D eigenvalue weighted by molar-refractivity contribution is -0.0606. The molecule has 2 aliphatic rings. The molecule has 2 nitrogen and oxygen atoms in total. The summed E-state index contributed by atoms with van der Waals surface area (Å²) in [6, 6.07) is 0. The van der Waals surface area contributed by atoms with Crippen molar-refractivity contribution in [1.29, 1.82) is 0 Å². The van der Waals surface area contributed by atoms with Crippen molar-refractivity contribution in [3.05, 3.63) is 0 Å². The molecule has 6 heteroatoms. The molecule has 0 saturated carbocycles. The van der Waals surface area contributed by atoms with Gasteiger partial charge in [0.05, 0.1) is 0 Å². The fraction of sp³-hybridized carbons (Fsp3) is 1.00. The molecule has 0 aromatic heterocycles. The zero-order valence-corrected chi connectivity index (χ0v) is 13.9. The second-order valence-electron chi connectivity index (χ2n) is 3.81. The number of hydrogen-bond acceptors (Lipinski definition) is 2. The predicted molar refractivity (Wildman–Crippen MR) is 74.0 cm³/mol. The summed E-state index contributed by atoms with van der Waals surface area (Å²) in [7, 11) is 0. The quantitative estimate of drug-likeness (QED) is 0.518. The smallest absolute Gasteiger partial charge is 0.0425 e. The molecule has 0 aromatic rings. The Morgan fingerprint density at radius 2 is 0.786 bits per heavy atom. The minimum absolute atomic E-state index is 0.560. The molecule has 2 aliphatic heterocycles. The van der Waals surface area contributed by atoms with Gasteiger partial charge in [0, 0.05) is 45.5 Å². The van der Waals surface area contributed by atoms with Crippen LogP contribution in [0.1, 0.15) is 0 Å². The third-order valence-corrected chi connectivity index (χ3v) is 7.86. The summed E-state index contributed by atoms with van der Waals surface area (Å²) in [6.45, 7) is 4.38. The van der Waals surface area contributed by atoms with Gasteiger partial charge in [-0.25, -0.2) is 10.0 Å². The van der Waals surface area contributed by atoms with E-state index < -0.39 is 0 Å². The number of alkyl halides is 4. The number of rotatable bonds is 0. The second kappa shape index (κ2) is 5.00. The van der Waals surface area contributed by atoms with Crippen molar-refractivity contribution >= 4 is 63.7 Å². The van der Waals surface area contributed by atoms with Crippen molar-refractivity contribution in [2.24, 2.45) is 0 Å². The number of hydrazine groups is 1. The molecule has 0 radical (unpaired) electrons. The molecule has 2 rings (SSSR count). The zero-order chi connectivity index (χ0) is 10.3. The molecule has 0 aromatic carbocycles. The Morgan fingerprint density at radius 1 is 0.571 bits per heavy atom. The van der Waals surface area contributed by atoms with Crippen molar-refractivity contribution in [2.45, 2.75) is 19.3 Å². The molecule has 2 fully saturated rings. The molecule has 0 N–H and O–H groups in total. The van der Waals surface area contributed by atoms with Crippen molar-refractivity contribution in [2.75, 3.05) is 26.2 Å². The lowest BCUT2D eigenvalue weighted by Crippen LogP contribution is -2.62. The minimum atomic E-state index is 0.560. The first-order valence-electron chi connectivity index (χ1n) is 4.64. The highest BCUT2D eigenvalue weighted by Gasteiger charge is 2.37. The second-order valence-corrected chi connectivity index (χ2v) is 8.51. The van der Waals surface area contributed by atoms with Gasteiger partial charge in [-0.15, -0.1) is 0 Å². The van der Waals surface area contributed by atoms with Crippen LogP contribution in [0.2, 0.25) is 0 Å². The van der Waals surface area contributed by atoms with Crippen LogP contribution in [0.15, 0.2) is 0 Å². The molecular weight excluding hydrogens is 444 g/mol. The van der Waals surface area contributed by atoms with E-state index in [1.807, 2.05) is 0 Å². The summed E-state index contributed by atoms with van der Waals surface area (Å²) in [5.41, 5.74) is 0. The topological polar surface area (TPSA) is 6.48 Å². The molecule has 14 heavy (non-hydrogen) atoms. The normalized spacial score (nSPS) is 46.3.